The van der Waals surface area contributed by atoms with Crippen molar-refractivity contribution in [2.45, 2.75) is 6.54 Å². The number of hydrogen-bond donors (Lipinski definition) is 2. The van der Waals surface area contributed by atoms with E-state index in [0.29, 0.717) is 54.6 Å². The van der Waals surface area contributed by atoms with Crippen LogP contribution in [-0.2, 0) is 11.3 Å². The van der Waals surface area contributed by atoms with Crippen LogP contribution >= 0.6 is 0 Å². The summed E-state index contributed by atoms with van der Waals surface area (Å²) >= 11 is 0. The third kappa shape index (κ3) is 5.86. The van der Waals surface area contributed by atoms with Gasteiger partial charge in [0.2, 0.25) is 0 Å². The Balaban J connectivity index is 1.54. The summed E-state index contributed by atoms with van der Waals surface area (Å²) < 4.78 is 15.9. The molecular weight excluding hydrogens is 436 g/mol. The van der Waals surface area contributed by atoms with Gasteiger partial charge in [-0.3, -0.25) is 9.69 Å². The Kier molecular flexibility index (Phi) is 7.66. The first-order chi connectivity index (χ1) is 16.6. The van der Waals surface area contributed by atoms with Gasteiger partial charge in [-0.1, -0.05) is 0 Å². The molecule has 1 fully saturated rings. The Morgan fingerprint density at radius 1 is 1.06 bits per heavy atom. The lowest BCUT2D eigenvalue weighted by atomic mass is 10.1. The second-order valence-corrected chi connectivity index (χ2v) is 8.11. The quantitative estimate of drug-likeness (QED) is 0.530. The number of anilines is 1. The van der Waals surface area contributed by atoms with Crippen molar-refractivity contribution < 1.29 is 19.0 Å². The molecule has 1 aromatic heterocycles. The number of amides is 2. The number of rotatable bonds is 8. The van der Waals surface area contributed by atoms with Crippen LogP contribution in [0, 0.1) is 0 Å². The number of morpholine rings is 1. The van der Waals surface area contributed by atoms with Gasteiger partial charge >= 0.3 is 6.03 Å². The number of ether oxygens (including phenoxy) is 3. The van der Waals surface area contributed by atoms with E-state index in [0.717, 1.165) is 18.5 Å². The summed E-state index contributed by atoms with van der Waals surface area (Å²) in [5.41, 5.74) is 1.64. The first-order valence-corrected chi connectivity index (χ1v) is 11.3. The summed E-state index contributed by atoms with van der Waals surface area (Å²) in [4.78, 5) is 32.9. The van der Waals surface area contributed by atoms with Gasteiger partial charge in [-0.15, -0.1) is 0 Å². The normalized spacial score (nSPS) is 14.1. The number of aromatic nitrogens is 1. The maximum Gasteiger partial charge on any atom is 0.322 e. The highest BCUT2D eigenvalue weighted by Crippen LogP contribution is 2.20. The number of carbonyl (C=O) groups excluding carboxylic acids is 1. The Bertz CT molecular complexity index is 1170. The number of H-pyrrole nitrogens is 1. The van der Waals surface area contributed by atoms with E-state index in [1.54, 1.807) is 49.5 Å². The third-order valence-corrected chi connectivity index (χ3v) is 5.91. The number of benzene rings is 2. The first-order valence-electron chi connectivity index (χ1n) is 11.3. The lowest BCUT2D eigenvalue weighted by Crippen LogP contribution is -2.44. The van der Waals surface area contributed by atoms with Gasteiger partial charge in [0.1, 0.15) is 11.5 Å². The number of nitrogens with zero attached hydrogens (tertiary/aromatic N) is 2. The summed E-state index contributed by atoms with van der Waals surface area (Å²) in [6, 6.07) is 14.2. The van der Waals surface area contributed by atoms with E-state index in [1.807, 2.05) is 18.2 Å². The molecule has 0 spiro atoms. The van der Waals surface area contributed by atoms with E-state index >= 15 is 0 Å². The minimum atomic E-state index is -0.271. The topological polar surface area (TPSA) is 96.1 Å². The van der Waals surface area contributed by atoms with Gasteiger partial charge in [0.15, 0.2) is 0 Å². The van der Waals surface area contributed by atoms with Crippen LogP contribution in [0.4, 0.5) is 10.5 Å². The van der Waals surface area contributed by atoms with E-state index in [4.69, 9.17) is 14.2 Å². The highest BCUT2D eigenvalue weighted by Gasteiger charge is 2.19. The number of carbonyl (C=O) groups is 1. The molecule has 0 saturated carbocycles. The van der Waals surface area contributed by atoms with E-state index in [1.165, 1.54) is 0 Å². The Morgan fingerprint density at radius 3 is 2.47 bits per heavy atom. The molecule has 9 nitrogen and oxygen atoms in total. The molecule has 1 saturated heterocycles. The van der Waals surface area contributed by atoms with E-state index in [2.05, 4.69) is 15.2 Å². The second-order valence-electron chi connectivity index (χ2n) is 8.11. The van der Waals surface area contributed by atoms with Crippen molar-refractivity contribution in [1.29, 1.82) is 0 Å². The molecule has 0 unspecified atom stereocenters. The molecule has 2 N–H and O–H groups in total. The number of hydrogen-bond acceptors (Lipinski definition) is 6. The number of methoxy groups -OCH3 is 2. The van der Waals surface area contributed by atoms with Gasteiger partial charge in [0.05, 0.1) is 39.5 Å². The Hall–Kier alpha value is -3.56. The number of nitrogens with one attached hydrogen (secondary N) is 2. The van der Waals surface area contributed by atoms with Crippen molar-refractivity contribution in [3.8, 4) is 11.5 Å². The highest BCUT2D eigenvalue weighted by atomic mass is 16.5. The molecule has 9 heteroatoms. The SMILES string of the molecule is COc1ccc(NC(=O)N(CCN2CCOCC2)Cc2cc3ccc(OC)cc3[nH]c2=O)cc1. The number of pyridine rings is 1. The summed E-state index contributed by atoms with van der Waals surface area (Å²) in [5, 5.41) is 3.81. The minimum absolute atomic E-state index is 0.184. The van der Waals surface area contributed by atoms with Gasteiger partial charge in [-0.05, 0) is 47.9 Å². The molecule has 0 aliphatic carbocycles. The number of urea groups is 1. The third-order valence-electron chi connectivity index (χ3n) is 5.91. The van der Waals surface area contributed by atoms with Crippen LogP contribution in [-0.4, -0.2) is 74.4 Å². The highest BCUT2D eigenvalue weighted by molar-refractivity contribution is 5.89. The fourth-order valence-electron chi connectivity index (χ4n) is 3.89. The molecule has 3 aromatic rings. The van der Waals surface area contributed by atoms with Gasteiger partial charge in [0, 0.05) is 43.5 Å². The lowest BCUT2D eigenvalue weighted by molar-refractivity contribution is 0.0349. The smallest absolute Gasteiger partial charge is 0.322 e. The lowest BCUT2D eigenvalue weighted by Gasteiger charge is -2.30. The zero-order valence-corrected chi connectivity index (χ0v) is 19.5. The van der Waals surface area contributed by atoms with Crippen LogP contribution in [0.15, 0.2) is 53.3 Å². The van der Waals surface area contributed by atoms with Crippen LogP contribution in [0.2, 0.25) is 0 Å². The minimum Gasteiger partial charge on any atom is -0.497 e. The van der Waals surface area contributed by atoms with Crippen LogP contribution < -0.4 is 20.3 Å². The fraction of sp³-hybridized carbons (Fsp3) is 0.360. The maximum absolute atomic E-state index is 13.2. The zero-order chi connectivity index (χ0) is 23.9. The monoisotopic (exact) mass is 466 g/mol. The van der Waals surface area contributed by atoms with Crippen LogP contribution in [0.5, 0.6) is 11.5 Å². The number of aromatic amines is 1. The van der Waals surface area contributed by atoms with Crippen molar-refractivity contribution in [3.63, 3.8) is 0 Å². The summed E-state index contributed by atoms with van der Waals surface area (Å²) in [5.74, 6) is 1.38. The standard InChI is InChI=1S/C25H30N4O5/c1-32-21-7-4-20(5-8-21)26-25(31)29(10-9-28-11-13-34-14-12-28)17-19-15-18-3-6-22(33-2)16-23(18)27-24(19)30/h3-8,15-16H,9-14,17H2,1-2H3,(H,26,31)(H,27,30). The summed E-state index contributed by atoms with van der Waals surface area (Å²) in [6.45, 7) is 4.38. The molecule has 1 aliphatic heterocycles. The molecule has 1 aliphatic rings. The number of fused-ring (bicyclic) bond motifs is 1. The van der Waals surface area contributed by atoms with Gasteiger partial charge in [0.25, 0.3) is 5.56 Å². The largest absolute Gasteiger partial charge is 0.497 e. The molecule has 2 heterocycles. The predicted octanol–water partition coefficient (Wildman–Crippen LogP) is 2.91. The van der Waals surface area contributed by atoms with Crippen molar-refractivity contribution in [2.24, 2.45) is 0 Å². The molecule has 180 valence electrons. The molecular formula is C25H30N4O5. The zero-order valence-electron chi connectivity index (χ0n) is 19.5. The van der Waals surface area contributed by atoms with E-state index < -0.39 is 0 Å². The van der Waals surface area contributed by atoms with Crippen LogP contribution in [0.1, 0.15) is 5.56 Å². The first kappa shape index (κ1) is 23.6. The average Bonchev–Trinajstić information content (AvgIpc) is 2.87. The Morgan fingerprint density at radius 2 is 1.76 bits per heavy atom. The van der Waals surface area contributed by atoms with E-state index in [-0.39, 0.29) is 18.1 Å². The molecule has 0 radical (unpaired) electrons. The van der Waals surface area contributed by atoms with Crippen molar-refractivity contribution in [1.82, 2.24) is 14.8 Å². The summed E-state index contributed by atoms with van der Waals surface area (Å²) in [6.07, 6.45) is 0. The molecule has 0 bridgehead atoms. The van der Waals surface area contributed by atoms with Crippen molar-refractivity contribution >= 4 is 22.6 Å². The Labute approximate surface area is 198 Å². The van der Waals surface area contributed by atoms with Crippen molar-refractivity contribution in [2.75, 3.05) is 58.9 Å². The molecule has 2 amide bonds. The maximum atomic E-state index is 13.2. The molecule has 2 aromatic carbocycles. The summed E-state index contributed by atoms with van der Waals surface area (Å²) in [7, 11) is 3.18. The fourth-order valence-corrected chi connectivity index (χ4v) is 3.89. The van der Waals surface area contributed by atoms with Crippen molar-refractivity contribution in [3.05, 3.63) is 64.4 Å². The molecule has 34 heavy (non-hydrogen) atoms. The van der Waals surface area contributed by atoms with Crippen LogP contribution in [0.3, 0.4) is 0 Å². The van der Waals surface area contributed by atoms with Crippen LogP contribution in [0.25, 0.3) is 10.9 Å². The predicted molar refractivity (Wildman–Crippen MR) is 131 cm³/mol. The molecule has 0 atom stereocenters. The average molecular weight is 467 g/mol. The van der Waals surface area contributed by atoms with Gasteiger partial charge in [-0.2, -0.15) is 0 Å². The van der Waals surface area contributed by atoms with Gasteiger partial charge in [-0.25, -0.2) is 4.79 Å². The molecule has 4 rings (SSSR count). The van der Waals surface area contributed by atoms with Gasteiger partial charge < -0.3 is 29.4 Å². The second kappa shape index (κ2) is 11.0. The van der Waals surface area contributed by atoms with E-state index in [9.17, 15) is 9.59 Å².